The first kappa shape index (κ1) is 19.4. The van der Waals surface area contributed by atoms with Crippen LogP contribution in [-0.4, -0.2) is 40.9 Å². The zero-order chi connectivity index (χ0) is 20.9. The van der Waals surface area contributed by atoms with Crippen LogP contribution in [0.1, 0.15) is 25.5 Å². The van der Waals surface area contributed by atoms with E-state index >= 15 is 0 Å². The van der Waals surface area contributed by atoms with Crippen LogP contribution < -0.4 is 20.3 Å². The van der Waals surface area contributed by atoms with E-state index in [9.17, 15) is 18.7 Å². The Kier molecular flexibility index (Phi) is 4.57. The van der Waals surface area contributed by atoms with Gasteiger partial charge >= 0.3 is 0 Å². The molecular weight excluding hydrogens is 382 g/mol. The lowest BCUT2D eigenvalue weighted by Crippen LogP contribution is -2.56. The van der Waals surface area contributed by atoms with E-state index in [0.29, 0.717) is 41.5 Å². The van der Waals surface area contributed by atoms with Gasteiger partial charge in [-0.2, -0.15) is 0 Å². The number of hydrogen-bond donors (Lipinski definition) is 3. The first-order valence-electron chi connectivity index (χ1n) is 9.32. The number of nitrogens with one attached hydrogen (secondary N) is 2. The maximum atomic E-state index is 13.3. The molecule has 29 heavy (non-hydrogen) atoms. The van der Waals surface area contributed by atoms with Crippen LogP contribution in [0, 0.1) is 18.6 Å². The van der Waals surface area contributed by atoms with Gasteiger partial charge in [-0.15, -0.1) is 0 Å². The highest BCUT2D eigenvalue weighted by atomic mass is 19.2. The minimum atomic E-state index is -1.65. The van der Waals surface area contributed by atoms with Crippen LogP contribution >= 0.6 is 0 Å². The van der Waals surface area contributed by atoms with E-state index in [2.05, 4.69) is 15.6 Å². The van der Waals surface area contributed by atoms with Crippen molar-refractivity contribution in [2.75, 3.05) is 22.6 Å². The molecule has 154 valence electrons. The molecule has 1 amide bonds. The number of pyridine rings is 1. The molecule has 4 rings (SSSR count). The monoisotopic (exact) mass is 404 g/mol. The van der Waals surface area contributed by atoms with Gasteiger partial charge in [0.1, 0.15) is 17.7 Å². The standard InChI is InChI=1S/C20H22F2N4O3/c1-10-18-16(26(3)20(2,28)19(27)25-18)9-17(23-10)24-11-6-13(7-11)29-12-4-5-14(21)15(22)8-12/h4-5,8-9,11,13,28H,6-7H2,1-3H3,(H,23,24)(H,25,27)/t11?,13?,20-/m0/s1. The third-order valence-electron chi connectivity index (χ3n) is 5.50. The van der Waals surface area contributed by atoms with Gasteiger partial charge in [-0.25, -0.2) is 13.8 Å². The smallest absolute Gasteiger partial charge is 0.277 e. The van der Waals surface area contributed by atoms with Gasteiger partial charge in [-0.1, -0.05) is 0 Å². The number of aryl methyl sites for hydroxylation is 1. The van der Waals surface area contributed by atoms with Gasteiger partial charge in [0, 0.05) is 38.1 Å². The van der Waals surface area contributed by atoms with Crippen molar-refractivity contribution in [1.29, 1.82) is 0 Å². The normalized spacial score (nSPS) is 25.7. The van der Waals surface area contributed by atoms with Crippen molar-refractivity contribution >= 4 is 23.1 Å². The lowest BCUT2D eigenvalue weighted by Gasteiger charge is -2.40. The van der Waals surface area contributed by atoms with Crippen LogP contribution in [0.15, 0.2) is 24.3 Å². The molecule has 1 atom stereocenters. The maximum Gasteiger partial charge on any atom is 0.277 e. The predicted octanol–water partition coefficient (Wildman–Crippen LogP) is 2.79. The van der Waals surface area contributed by atoms with E-state index in [1.165, 1.54) is 17.9 Å². The van der Waals surface area contributed by atoms with E-state index in [4.69, 9.17) is 4.74 Å². The Morgan fingerprint density at radius 2 is 2.03 bits per heavy atom. The summed E-state index contributed by atoms with van der Waals surface area (Å²) >= 11 is 0. The third-order valence-corrected chi connectivity index (χ3v) is 5.50. The van der Waals surface area contributed by atoms with E-state index in [-0.39, 0.29) is 12.1 Å². The van der Waals surface area contributed by atoms with Gasteiger partial charge in [-0.05, 0) is 26.0 Å². The van der Waals surface area contributed by atoms with Crippen molar-refractivity contribution in [3.05, 3.63) is 41.6 Å². The summed E-state index contributed by atoms with van der Waals surface area (Å²) in [5.41, 5.74) is 0.216. The fourth-order valence-corrected chi connectivity index (χ4v) is 3.50. The summed E-state index contributed by atoms with van der Waals surface area (Å²) in [4.78, 5) is 18.1. The van der Waals surface area contributed by atoms with Crippen molar-refractivity contribution in [2.24, 2.45) is 0 Å². The van der Waals surface area contributed by atoms with Crippen molar-refractivity contribution in [3.8, 4) is 5.75 Å². The molecule has 2 aromatic rings. The fraction of sp³-hybridized carbons (Fsp3) is 0.400. The topological polar surface area (TPSA) is 86.7 Å². The lowest BCUT2D eigenvalue weighted by atomic mass is 9.89. The second-order valence-corrected chi connectivity index (χ2v) is 7.65. The number of aromatic nitrogens is 1. The number of nitrogens with zero attached hydrogens (tertiary/aromatic N) is 2. The highest BCUT2D eigenvalue weighted by Gasteiger charge is 2.41. The van der Waals surface area contributed by atoms with Gasteiger partial charge in [-0.3, -0.25) is 4.79 Å². The van der Waals surface area contributed by atoms with Crippen molar-refractivity contribution < 1.29 is 23.4 Å². The van der Waals surface area contributed by atoms with Crippen LogP contribution in [0.4, 0.5) is 26.0 Å². The van der Waals surface area contributed by atoms with Gasteiger partial charge < -0.3 is 25.4 Å². The summed E-state index contributed by atoms with van der Waals surface area (Å²) in [5, 5.41) is 16.4. The third kappa shape index (κ3) is 3.46. The Morgan fingerprint density at radius 3 is 2.72 bits per heavy atom. The van der Waals surface area contributed by atoms with Gasteiger partial charge in [0.2, 0.25) is 5.72 Å². The van der Waals surface area contributed by atoms with Gasteiger partial charge in [0.05, 0.1) is 17.1 Å². The molecule has 0 bridgehead atoms. The molecule has 1 fully saturated rings. The Morgan fingerprint density at radius 1 is 1.31 bits per heavy atom. The van der Waals surface area contributed by atoms with Crippen molar-refractivity contribution in [1.82, 2.24) is 4.98 Å². The molecule has 1 aliphatic carbocycles. The van der Waals surface area contributed by atoms with Gasteiger partial charge in [0.15, 0.2) is 11.6 Å². The second kappa shape index (κ2) is 6.84. The molecule has 1 aromatic carbocycles. The summed E-state index contributed by atoms with van der Waals surface area (Å²) in [5.74, 6) is -1.42. The zero-order valence-electron chi connectivity index (χ0n) is 16.3. The van der Waals surface area contributed by atoms with E-state index in [1.54, 1.807) is 20.0 Å². The highest BCUT2D eigenvalue weighted by molar-refractivity contribution is 6.05. The van der Waals surface area contributed by atoms with Crippen LogP contribution in [-0.2, 0) is 4.79 Å². The fourth-order valence-electron chi connectivity index (χ4n) is 3.50. The number of ether oxygens (including phenoxy) is 1. The van der Waals surface area contributed by atoms with Crippen LogP contribution in [0.5, 0.6) is 5.75 Å². The number of likely N-dealkylation sites (N-methyl/N-ethyl adjacent to an activating group) is 1. The average molecular weight is 404 g/mol. The van der Waals surface area contributed by atoms with E-state index < -0.39 is 23.3 Å². The number of fused-ring (bicyclic) bond motifs is 1. The molecule has 7 nitrogen and oxygen atoms in total. The molecule has 0 radical (unpaired) electrons. The van der Waals surface area contributed by atoms with E-state index in [1.807, 2.05) is 0 Å². The summed E-state index contributed by atoms with van der Waals surface area (Å²) in [6.45, 7) is 3.22. The summed E-state index contributed by atoms with van der Waals surface area (Å²) in [7, 11) is 1.65. The SMILES string of the molecule is Cc1nc(NC2CC(Oc3ccc(F)c(F)c3)C2)cc2c1NC(=O)[C@](C)(O)N2C. The molecule has 1 aliphatic heterocycles. The molecule has 2 aliphatic rings. The van der Waals surface area contributed by atoms with Gasteiger partial charge in [0.25, 0.3) is 5.91 Å². The number of aliphatic hydroxyl groups is 1. The molecule has 0 spiro atoms. The number of anilines is 3. The number of carbonyl (C=O) groups excluding carboxylic acids is 1. The minimum absolute atomic E-state index is 0.0984. The summed E-state index contributed by atoms with van der Waals surface area (Å²) in [6, 6.07) is 5.38. The highest BCUT2D eigenvalue weighted by Crippen LogP contribution is 2.38. The largest absolute Gasteiger partial charge is 0.490 e. The summed E-state index contributed by atoms with van der Waals surface area (Å²) in [6.07, 6.45) is 1.26. The maximum absolute atomic E-state index is 13.3. The molecule has 1 saturated carbocycles. The first-order chi connectivity index (χ1) is 13.6. The first-order valence-corrected chi connectivity index (χ1v) is 9.32. The number of halogens is 2. The lowest BCUT2D eigenvalue weighted by molar-refractivity contribution is -0.132. The molecule has 9 heteroatoms. The molecule has 2 heterocycles. The number of hydrogen-bond acceptors (Lipinski definition) is 6. The van der Waals surface area contributed by atoms with Crippen molar-refractivity contribution in [3.63, 3.8) is 0 Å². The van der Waals surface area contributed by atoms with Crippen LogP contribution in [0.3, 0.4) is 0 Å². The number of amides is 1. The van der Waals surface area contributed by atoms with Crippen LogP contribution in [0.25, 0.3) is 0 Å². The molecule has 3 N–H and O–H groups in total. The van der Waals surface area contributed by atoms with Crippen molar-refractivity contribution in [2.45, 2.75) is 44.6 Å². The zero-order valence-corrected chi connectivity index (χ0v) is 16.3. The molecular formula is C20H22F2N4O3. The Bertz CT molecular complexity index is 976. The second-order valence-electron chi connectivity index (χ2n) is 7.65. The predicted molar refractivity (Wildman–Crippen MR) is 104 cm³/mol. The summed E-state index contributed by atoms with van der Waals surface area (Å²) < 4.78 is 31.9. The number of benzene rings is 1. The molecule has 0 unspecified atom stereocenters. The molecule has 1 aromatic heterocycles. The molecule has 0 saturated heterocycles. The minimum Gasteiger partial charge on any atom is -0.490 e. The Hall–Kier alpha value is -2.94. The Labute approximate surface area is 166 Å². The Balaban J connectivity index is 1.41. The average Bonchev–Trinajstić information content (AvgIpc) is 2.62. The quantitative estimate of drug-likeness (QED) is 0.727. The number of carbonyl (C=O) groups is 1. The van der Waals surface area contributed by atoms with Crippen LogP contribution in [0.2, 0.25) is 0 Å². The van der Waals surface area contributed by atoms with E-state index in [0.717, 1.165) is 12.1 Å². The number of rotatable bonds is 4.